The molecule has 1 saturated heterocycles. The summed E-state index contributed by atoms with van der Waals surface area (Å²) >= 11 is 0. The molecule has 7 heteroatoms. The molecular formula is C29H26FN5O. The predicted octanol–water partition coefficient (Wildman–Crippen LogP) is 5.80. The van der Waals surface area contributed by atoms with Gasteiger partial charge >= 0.3 is 0 Å². The maximum absolute atomic E-state index is 13.8. The van der Waals surface area contributed by atoms with E-state index in [1.165, 1.54) is 12.1 Å². The summed E-state index contributed by atoms with van der Waals surface area (Å²) in [4.78, 5) is 14.5. The van der Waals surface area contributed by atoms with Gasteiger partial charge in [0.25, 0.3) is 0 Å². The molecule has 0 radical (unpaired) electrons. The van der Waals surface area contributed by atoms with Crippen LogP contribution in [0, 0.1) is 12.7 Å². The molecule has 0 spiro atoms. The van der Waals surface area contributed by atoms with Gasteiger partial charge in [-0.25, -0.2) is 9.37 Å². The lowest BCUT2D eigenvalue weighted by Gasteiger charge is -2.22. The average Bonchev–Trinajstić information content (AvgIpc) is 2.90. The molecule has 6 nitrogen and oxygen atoms in total. The van der Waals surface area contributed by atoms with E-state index in [-0.39, 0.29) is 11.9 Å². The van der Waals surface area contributed by atoms with Crippen LogP contribution in [0.15, 0.2) is 84.0 Å². The third kappa shape index (κ3) is 4.45. The number of nitrogens with one attached hydrogen (secondary N) is 1. The molecule has 1 aliphatic carbocycles. The van der Waals surface area contributed by atoms with Crippen LogP contribution in [0.3, 0.4) is 0 Å². The number of benzene rings is 3. The quantitative estimate of drug-likeness (QED) is 0.331. The fourth-order valence-corrected chi connectivity index (χ4v) is 4.63. The third-order valence-electron chi connectivity index (χ3n) is 6.48. The lowest BCUT2D eigenvalue weighted by Crippen LogP contribution is -2.23. The number of ether oxygens (including phenoxy) is 1. The fraction of sp³-hybridized carbons (Fsp3) is 0.207. The van der Waals surface area contributed by atoms with Crippen LogP contribution in [0.4, 0.5) is 15.8 Å². The van der Waals surface area contributed by atoms with Gasteiger partial charge in [0.15, 0.2) is 0 Å². The van der Waals surface area contributed by atoms with E-state index in [9.17, 15) is 4.39 Å². The summed E-state index contributed by atoms with van der Waals surface area (Å²) in [5.41, 5.74) is 7.08. The van der Waals surface area contributed by atoms with E-state index >= 15 is 0 Å². The van der Waals surface area contributed by atoms with E-state index in [4.69, 9.17) is 14.7 Å². The summed E-state index contributed by atoms with van der Waals surface area (Å²) in [6.45, 7) is 3.40. The zero-order valence-electron chi connectivity index (χ0n) is 20.0. The number of aromatic nitrogens is 3. The lowest BCUT2D eigenvalue weighted by molar-refractivity contribution is 0.0864. The van der Waals surface area contributed by atoms with E-state index in [1.807, 2.05) is 55.6 Å². The molecule has 2 aromatic carbocycles. The molecule has 6 rings (SSSR count). The maximum Gasteiger partial charge on any atom is 0.123 e. The largest absolute Gasteiger partial charge is 0.381 e. The number of pyridine rings is 1. The second kappa shape index (κ2) is 9.51. The highest BCUT2D eigenvalue weighted by atomic mass is 19.1. The van der Waals surface area contributed by atoms with Crippen molar-refractivity contribution in [2.45, 2.75) is 25.8 Å². The second-order valence-electron chi connectivity index (χ2n) is 9.06. The van der Waals surface area contributed by atoms with Crippen molar-refractivity contribution in [3.63, 3.8) is 0 Å². The molecule has 0 saturated carbocycles. The van der Waals surface area contributed by atoms with E-state index in [0.29, 0.717) is 13.2 Å². The van der Waals surface area contributed by atoms with Gasteiger partial charge < -0.3 is 14.6 Å². The molecule has 1 N–H and O–H groups in total. The number of halogens is 1. The Morgan fingerprint density at radius 2 is 1.81 bits per heavy atom. The Balaban J connectivity index is 1.61. The van der Waals surface area contributed by atoms with Crippen molar-refractivity contribution in [1.29, 1.82) is 0 Å². The third-order valence-corrected chi connectivity index (χ3v) is 6.48. The van der Waals surface area contributed by atoms with Crippen LogP contribution in [-0.4, -0.2) is 33.8 Å². The normalized spacial score (nSPS) is 15.0. The zero-order valence-corrected chi connectivity index (χ0v) is 20.0. The Kier molecular flexibility index (Phi) is 5.91. The molecule has 36 heavy (non-hydrogen) atoms. The number of para-hydroxylation sites is 2. The highest BCUT2D eigenvalue weighted by molar-refractivity contribution is 5.84. The van der Waals surface area contributed by atoms with Crippen molar-refractivity contribution in [2.75, 3.05) is 18.5 Å². The minimum Gasteiger partial charge on any atom is -0.381 e. The number of hydrogen-bond donors (Lipinski definition) is 1. The molecule has 2 aliphatic heterocycles. The van der Waals surface area contributed by atoms with Crippen molar-refractivity contribution < 1.29 is 9.13 Å². The summed E-state index contributed by atoms with van der Waals surface area (Å²) in [7, 11) is 0. The fourth-order valence-electron chi connectivity index (χ4n) is 4.63. The van der Waals surface area contributed by atoms with Crippen LogP contribution in [0.1, 0.15) is 18.5 Å². The lowest BCUT2D eigenvalue weighted by atomic mass is 10.1. The number of anilines is 2. The number of nitrogens with zero attached hydrogens (tertiary/aromatic N) is 4. The molecule has 0 atom stereocenters. The van der Waals surface area contributed by atoms with E-state index in [1.54, 1.807) is 12.1 Å². The molecule has 1 aromatic heterocycles. The van der Waals surface area contributed by atoms with Gasteiger partial charge in [0, 0.05) is 24.6 Å². The van der Waals surface area contributed by atoms with Crippen molar-refractivity contribution in [2.24, 2.45) is 4.99 Å². The van der Waals surface area contributed by atoms with Gasteiger partial charge in [-0.1, -0.05) is 12.1 Å². The van der Waals surface area contributed by atoms with E-state index in [0.717, 1.165) is 63.4 Å². The van der Waals surface area contributed by atoms with Crippen LogP contribution < -0.4 is 10.7 Å². The molecule has 0 amide bonds. The summed E-state index contributed by atoms with van der Waals surface area (Å²) in [5, 5.41) is 4.36. The monoisotopic (exact) mass is 479 g/mol. The first-order valence-electron chi connectivity index (χ1n) is 12.2. The van der Waals surface area contributed by atoms with Crippen molar-refractivity contribution in [3.05, 3.63) is 95.9 Å². The zero-order chi connectivity index (χ0) is 24.5. The topological polar surface area (TPSA) is 64.3 Å². The summed E-state index contributed by atoms with van der Waals surface area (Å²) in [6, 6.07) is 22.8. The molecule has 180 valence electrons. The van der Waals surface area contributed by atoms with Gasteiger partial charge in [0.05, 0.1) is 51.4 Å². The smallest absolute Gasteiger partial charge is 0.123 e. The van der Waals surface area contributed by atoms with E-state index in [2.05, 4.69) is 20.9 Å². The minimum absolute atomic E-state index is 0.181. The number of fused-ring (bicyclic) bond motifs is 2. The SMILES string of the molecule is Cc1ccc(Nc2cc3nc4ccccc4n(-c4ccc(F)cc4)c-3c/c2=N\C2CCOCC2)cn1. The van der Waals surface area contributed by atoms with Gasteiger partial charge in [0.2, 0.25) is 0 Å². The first-order valence-corrected chi connectivity index (χ1v) is 12.2. The standard InChI is InChI=1S/C29H26FN5O/c1-19-6-9-22(18-31-19)33-25-16-27-29(17-26(25)32-21-12-14-36-15-13-21)35(23-10-7-20(30)8-11-23)28-5-3-2-4-24(28)34-27/h2-11,16-18,21,33H,12-15H2,1H3/b32-26+. The van der Waals surface area contributed by atoms with Gasteiger partial charge in [-0.15, -0.1) is 0 Å². The van der Waals surface area contributed by atoms with Gasteiger partial charge in [0.1, 0.15) is 5.82 Å². The van der Waals surface area contributed by atoms with Crippen LogP contribution in [0.25, 0.3) is 28.1 Å². The Bertz CT molecular complexity index is 1550. The van der Waals surface area contributed by atoms with Crippen molar-refractivity contribution in [1.82, 2.24) is 14.5 Å². The Morgan fingerprint density at radius 3 is 2.58 bits per heavy atom. The van der Waals surface area contributed by atoms with Gasteiger partial charge in [-0.2, -0.15) is 0 Å². The molecule has 3 aromatic rings. The maximum atomic E-state index is 13.8. The van der Waals surface area contributed by atoms with Crippen LogP contribution in [0.5, 0.6) is 0 Å². The van der Waals surface area contributed by atoms with Crippen molar-refractivity contribution >= 4 is 22.4 Å². The summed E-state index contributed by atoms with van der Waals surface area (Å²) < 4.78 is 21.5. The second-order valence-corrected chi connectivity index (χ2v) is 9.06. The minimum atomic E-state index is -0.268. The summed E-state index contributed by atoms with van der Waals surface area (Å²) in [5.74, 6) is -0.268. The first-order chi connectivity index (χ1) is 17.6. The average molecular weight is 480 g/mol. The van der Waals surface area contributed by atoms with Crippen LogP contribution in [0.2, 0.25) is 0 Å². The highest BCUT2D eigenvalue weighted by Gasteiger charge is 2.18. The molecule has 1 fully saturated rings. The van der Waals surface area contributed by atoms with Crippen LogP contribution in [-0.2, 0) is 4.74 Å². The van der Waals surface area contributed by atoms with E-state index < -0.39 is 0 Å². The Labute approximate surface area is 208 Å². The van der Waals surface area contributed by atoms with Gasteiger partial charge in [-0.3, -0.25) is 9.98 Å². The molecule has 3 aliphatic rings. The van der Waals surface area contributed by atoms with Crippen LogP contribution >= 0.6 is 0 Å². The molecular weight excluding hydrogens is 453 g/mol. The number of hydrogen-bond acceptors (Lipinski definition) is 5. The molecule has 3 heterocycles. The Morgan fingerprint density at radius 1 is 1.00 bits per heavy atom. The Hall–Kier alpha value is -4.10. The molecule has 0 unspecified atom stereocenters. The first kappa shape index (κ1) is 22.4. The summed E-state index contributed by atoms with van der Waals surface area (Å²) in [6.07, 6.45) is 3.60. The van der Waals surface area contributed by atoms with Gasteiger partial charge in [-0.05, 0) is 80.4 Å². The number of aryl methyl sites for hydroxylation is 1. The molecule has 0 bridgehead atoms. The van der Waals surface area contributed by atoms with Crippen molar-refractivity contribution in [3.8, 4) is 17.1 Å². The number of rotatable bonds is 4. The predicted molar refractivity (Wildman–Crippen MR) is 139 cm³/mol. The highest BCUT2D eigenvalue weighted by Crippen LogP contribution is 2.30.